The molecule has 0 heterocycles. The van der Waals surface area contributed by atoms with E-state index < -0.39 is 0 Å². The molecule has 0 fully saturated rings. The standard InChI is InChI=1S/C9H12N2O3.C8H9NO/c12-11(13)7-4-8-14-10-9-5-2-1-3-6-9;1-7(10)9-8-5-3-2-4-6-8/h1-3,5-6,10H,4,7-8H2;2-6H,1H3,(H,9,10). The van der Waals surface area contributed by atoms with Crippen LogP contribution in [0.4, 0.5) is 11.4 Å². The van der Waals surface area contributed by atoms with Crippen molar-refractivity contribution < 1.29 is 14.6 Å². The zero-order chi connectivity index (χ0) is 17.6. The molecule has 2 N–H and O–H groups in total. The maximum absolute atomic E-state index is 10.5. The summed E-state index contributed by atoms with van der Waals surface area (Å²) in [5, 5.41) is 12.6. The van der Waals surface area contributed by atoms with Crippen LogP contribution >= 0.6 is 0 Å². The molecular formula is C17H21N3O4. The van der Waals surface area contributed by atoms with Gasteiger partial charge < -0.3 is 5.32 Å². The second-order valence-electron chi connectivity index (χ2n) is 4.77. The summed E-state index contributed by atoms with van der Waals surface area (Å²) < 4.78 is 0. The van der Waals surface area contributed by atoms with Crippen molar-refractivity contribution in [3.05, 3.63) is 70.8 Å². The minimum absolute atomic E-state index is 0.0359. The predicted octanol–water partition coefficient (Wildman–Crippen LogP) is 3.34. The monoisotopic (exact) mass is 331 g/mol. The maximum Gasteiger partial charge on any atom is 0.221 e. The van der Waals surface area contributed by atoms with Gasteiger partial charge in [-0.05, 0) is 24.3 Å². The molecule has 0 unspecified atom stereocenters. The highest BCUT2D eigenvalue weighted by atomic mass is 16.6. The van der Waals surface area contributed by atoms with Gasteiger partial charge in [-0.2, -0.15) is 0 Å². The van der Waals surface area contributed by atoms with Crippen molar-refractivity contribution in [3.8, 4) is 0 Å². The normalized spacial score (nSPS) is 9.38. The van der Waals surface area contributed by atoms with Gasteiger partial charge in [0.15, 0.2) is 0 Å². The topological polar surface area (TPSA) is 93.5 Å². The van der Waals surface area contributed by atoms with E-state index in [2.05, 4.69) is 10.8 Å². The highest BCUT2D eigenvalue weighted by molar-refractivity contribution is 5.88. The summed E-state index contributed by atoms with van der Waals surface area (Å²) in [7, 11) is 0. The average Bonchev–Trinajstić information content (AvgIpc) is 2.56. The second kappa shape index (κ2) is 11.6. The Balaban J connectivity index is 0.000000254. The Hall–Kier alpha value is -2.93. The molecule has 1 amide bonds. The molecule has 0 bridgehead atoms. The number of nitrogens with one attached hydrogen (secondary N) is 2. The van der Waals surface area contributed by atoms with E-state index in [4.69, 9.17) is 4.84 Å². The lowest BCUT2D eigenvalue weighted by Crippen LogP contribution is -2.08. The van der Waals surface area contributed by atoms with Crippen LogP contribution in [0.1, 0.15) is 13.3 Å². The van der Waals surface area contributed by atoms with Crippen molar-refractivity contribution >= 4 is 17.3 Å². The summed E-state index contributed by atoms with van der Waals surface area (Å²) in [5.74, 6) is -0.0359. The smallest absolute Gasteiger partial charge is 0.221 e. The third-order valence-electron chi connectivity index (χ3n) is 2.65. The number of para-hydroxylation sites is 2. The SMILES string of the molecule is CC(=O)Nc1ccccc1.O=[N+]([O-])CCCONc1ccccc1. The van der Waals surface area contributed by atoms with E-state index in [1.807, 2.05) is 60.7 Å². The number of anilines is 2. The van der Waals surface area contributed by atoms with Gasteiger partial charge in [0.25, 0.3) is 0 Å². The third kappa shape index (κ3) is 9.91. The Morgan fingerprint density at radius 1 is 1.04 bits per heavy atom. The molecule has 0 aromatic heterocycles. The number of rotatable bonds is 7. The predicted molar refractivity (Wildman–Crippen MR) is 93.2 cm³/mol. The van der Waals surface area contributed by atoms with Gasteiger partial charge in [0.05, 0.1) is 12.3 Å². The highest BCUT2D eigenvalue weighted by Gasteiger charge is 1.96. The van der Waals surface area contributed by atoms with Crippen molar-refractivity contribution in [1.82, 2.24) is 0 Å². The quantitative estimate of drug-likeness (QED) is 0.461. The van der Waals surface area contributed by atoms with Crippen LogP contribution in [0.5, 0.6) is 0 Å². The average molecular weight is 331 g/mol. The third-order valence-corrected chi connectivity index (χ3v) is 2.65. The van der Waals surface area contributed by atoms with Gasteiger partial charge in [0.2, 0.25) is 12.5 Å². The van der Waals surface area contributed by atoms with Crippen molar-refractivity contribution in [3.63, 3.8) is 0 Å². The first kappa shape index (κ1) is 19.1. The Kier molecular flexibility index (Phi) is 9.25. The van der Waals surface area contributed by atoms with Gasteiger partial charge in [0.1, 0.15) is 0 Å². The van der Waals surface area contributed by atoms with Crippen molar-refractivity contribution in [2.45, 2.75) is 13.3 Å². The highest BCUT2D eigenvalue weighted by Crippen LogP contribution is 2.04. The van der Waals surface area contributed by atoms with Crippen LogP contribution in [0, 0.1) is 10.1 Å². The number of nitrogens with zero attached hydrogens (tertiary/aromatic N) is 1. The molecule has 2 rings (SSSR count). The van der Waals surface area contributed by atoms with Gasteiger partial charge in [-0.1, -0.05) is 36.4 Å². The molecule has 7 heteroatoms. The first-order valence-corrected chi connectivity index (χ1v) is 7.45. The molecule has 0 aliphatic rings. The maximum atomic E-state index is 10.5. The van der Waals surface area contributed by atoms with Gasteiger partial charge in [-0.25, -0.2) is 0 Å². The summed E-state index contributed by atoms with van der Waals surface area (Å²) in [6.07, 6.45) is 0.410. The van der Waals surface area contributed by atoms with E-state index in [0.29, 0.717) is 13.0 Å². The molecular weight excluding hydrogens is 310 g/mol. The second-order valence-corrected chi connectivity index (χ2v) is 4.77. The minimum Gasteiger partial charge on any atom is -0.326 e. The van der Waals surface area contributed by atoms with Gasteiger partial charge in [-0.3, -0.25) is 25.2 Å². The van der Waals surface area contributed by atoms with E-state index in [9.17, 15) is 14.9 Å². The minimum atomic E-state index is -0.355. The number of carbonyl (C=O) groups is 1. The lowest BCUT2D eigenvalue weighted by atomic mass is 10.3. The fourth-order valence-electron chi connectivity index (χ4n) is 1.63. The van der Waals surface area contributed by atoms with Crippen LogP contribution in [-0.2, 0) is 9.63 Å². The number of amides is 1. The number of nitro groups is 1. The van der Waals surface area contributed by atoms with Crippen LogP contribution < -0.4 is 10.8 Å². The number of hydrogen-bond donors (Lipinski definition) is 2. The zero-order valence-corrected chi connectivity index (χ0v) is 13.5. The van der Waals surface area contributed by atoms with Gasteiger partial charge in [0, 0.05) is 24.0 Å². The Morgan fingerprint density at radius 3 is 2.08 bits per heavy atom. The molecule has 0 saturated heterocycles. The molecule has 7 nitrogen and oxygen atoms in total. The molecule has 0 aliphatic carbocycles. The first-order valence-electron chi connectivity index (χ1n) is 7.45. The Labute approximate surface area is 140 Å². The first-order chi connectivity index (χ1) is 11.6. The number of carbonyl (C=O) groups excluding carboxylic acids is 1. The van der Waals surface area contributed by atoms with E-state index >= 15 is 0 Å². The van der Waals surface area contributed by atoms with E-state index in [1.54, 1.807) is 0 Å². The molecule has 0 spiro atoms. The molecule has 24 heavy (non-hydrogen) atoms. The van der Waals surface area contributed by atoms with E-state index in [1.165, 1.54) is 6.92 Å². The Morgan fingerprint density at radius 2 is 1.58 bits per heavy atom. The molecule has 0 aliphatic heterocycles. The summed E-state index contributed by atoms with van der Waals surface area (Å²) in [6.45, 7) is 1.76. The summed E-state index contributed by atoms with van der Waals surface area (Å²) >= 11 is 0. The molecule has 0 saturated carbocycles. The van der Waals surface area contributed by atoms with Crippen molar-refractivity contribution in [1.29, 1.82) is 0 Å². The van der Waals surface area contributed by atoms with Gasteiger partial charge in [-0.15, -0.1) is 0 Å². The van der Waals surface area contributed by atoms with Crippen LogP contribution in [0.15, 0.2) is 60.7 Å². The van der Waals surface area contributed by atoms with Crippen molar-refractivity contribution in [2.75, 3.05) is 23.9 Å². The molecule has 0 radical (unpaired) electrons. The number of hydrogen-bond acceptors (Lipinski definition) is 5. The lowest BCUT2D eigenvalue weighted by molar-refractivity contribution is -0.480. The lowest BCUT2D eigenvalue weighted by Gasteiger charge is -2.04. The molecule has 2 aromatic carbocycles. The largest absolute Gasteiger partial charge is 0.326 e. The summed E-state index contributed by atoms with van der Waals surface area (Å²) in [4.78, 5) is 25.1. The fraction of sp³-hybridized carbons (Fsp3) is 0.235. The zero-order valence-electron chi connectivity index (χ0n) is 13.5. The fourth-order valence-corrected chi connectivity index (χ4v) is 1.63. The Bertz CT molecular complexity index is 606. The van der Waals surface area contributed by atoms with Crippen LogP contribution in [0.2, 0.25) is 0 Å². The van der Waals surface area contributed by atoms with Crippen LogP contribution in [0.25, 0.3) is 0 Å². The van der Waals surface area contributed by atoms with Crippen LogP contribution in [0.3, 0.4) is 0 Å². The summed E-state index contributed by atoms with van der Waals surface area (Å²) in [5.41, 5.74) is 4.38. The van der Waals surface area contributed by atoms with E-state index in [-0.39, 0.29) is 17.4 Å². The van der Waals surface area contributed by atoms with Crippen LogP contribution in [-0.4, -0.2) is 24.0 Å². The molecule has 128 valence electrons. The van der Waals surface area contributed by atoms with Gasteiger partial charge >= 0.3 is 0 Å². The summed E-state index contributed by atoms with van der Waals surface area (Å²) in [6, 6.07) is 18.7. The molecule has 2 aromatic rings. The van der Waals surface area contributed by atoms with Crippen molar-refractivity contribution in [2.24, 2.45) is 0 Å². The van der Waals surface area contributed by atoms with E-state index in [0.717, 1.165) is 11.4 Å². The number of benzene rings is 2. The molecule has 0 atom stereocenters.